The summed E-state index contributed by atoms with van der Waals surface area (Å²) in [6.07, 6.45) is 3.58. The maximum Gasteiger partial charge on any atom is 0.244 e. The van der Waals surface area contributed by atoms with Crippen LogP contribution in [0.4, 0.5) is 0 Å². The molecule has 0 aromatic heterocycles. The molecule has 0 N–H and O–H groups in total. The number of carbonyl (C=O) groups excluding carboxylic acids is 1. The molecule has 1 heterocycles. The molecule has 0 bridgehead atoms. The Balaban J connectivity index is 1.82. The first-order chi connectivity index (χ1) is 12.7. The van der Waals surface area contributed by atoms with Crippen molar-refractivity contribution in [3.63, 3.8) is 0 Å². The summed E-state index contributed by atoms with van der Waals surface area (Å²) >= 11 is 6.15. The summed E-state index contributed by atoms with van der Waals surface area (Å²) in [6.45, 7) is 4.15. The normalized spacial score (nSPS) is 15.2. The van der Waals surface area contributed by atoms with Crippen LogP contribution in [0.15, 0.2) is 76.3 Å². The summed E-state index contributed by atoms with van der Waals surface area (Å²) in [5.41, 5.74) is 2.34. The second-order valence-corrected chi connectivity index (χ2v) is 8.50. The molecule has 3 nitrogen and oxygen atoms in total. The molecule has 1 aliphatic heterocycles. The molecule has 0 atom stereocenters. The average molecular weight is 446 g/mol. The number of ether oxygens (including phenoxy) is 1. The third-order valence-corrected chi connectivity index (χ3v) is 5.92. The molecule has 0 amide bonds. The minimum absolute atomic E-state index is 0.0504. The van der Waals surface area contributed by atoms with E-state index in [1.165, 1.54) is 11.8 Å². The smallest absolute Gasteiger partial charge is 0.244 e. The van der Waals surface area contributed by atoms with E-state index in [4.69, 9.17) is 4.74 Å². The number of rotatable bonds is 6. The first-order valence-corrected chi connectivity index (χ1v) is 10.5. The van der Waals surface area contributed by atoms with Crippen LogP contribution in [-0.2, 0) is 11.4 Å². The zero-order chi connectivity index (χ0) is 18.4. The van der Waals surface area contributed by atoms with Crippen molar-refractivity contribution in [3.05, 3.63) is 82.5 Å². The lowest BCUT2D eigenvalue weighted by Gasteiger charge is -2.10. The highest BCUT2D eigenvalue weighted by Gasteiger charge is 2.22. The molecule has 26 heavy (non-hydrogen) atoms. The van der Waals surface area contributed by atoms with Gasteiger partial charge in [0.15, 0.2) is 0 Å². The number of halogens is 1. The van der Waals surface area contributed by atoms with Gasteiger partial charge >= 0.3 is 0 Å². The van der Waals surface area contributed by atoms with Gasteiger partial charge in [0, 0.05) is 15.8 Å². The van der Waals surface area contributed by atoms with Gasteiger partial charge in [0.2, 0.25) is 5.12 Å². The lowest BCUT2D eigenvalue weighted by atomic mass is 10.1. The number of hydrogen-bond donors (Lipinski definition) is 0. The van der Waals surface area contributed by atoms with E-state index in [2.05, 4.69) is 27.5 Å². The Hall–Kier alpha value is -1.76. The van der Waals surface area contributed by atoms with Crippen molar-refractivity contribution in [1.82, 2.24) is 0 Å². The molecular weight excluding hydrogens is 430 g/mol. The summed E-state index contributed by atoms with van der Waals surface area (Å²) in [5.74, 6) is 1.44. The number of hydrogen-bond acceptors (Lipinski definition) is 5. The minimum atomic E-state index is -0.0504. The van der Waals surface area contributed by atoms with Crippen LogP contribution in [-0.4, -0.2) is 15.2 Å². The van der Waals surface area contributed by atoms with E-state index < -0.39 is 0 Å². The molecule has 1 aliphatic rings. The fraction of sp³-hybridized carbons (Fsp3) is 0.100. The third-order valence-electron chi connectivity index (χ3n) is 3.43. The van der Waals surface area contributed by atoms with Gasteiger partial charge in [-0.3, -0.25) is 4.79 Å². The van der Waals surface area contributed by atoms with Crippen LogP contribution in [0.5, 0.6) is 5.75 Å². The summed E-state index contributed by atoms with van der Waals surface area (Å²) < 4.78 is 7.63. The highest BCUT2D eigenvalue weighted by Crippen LogP contribution is 2.33. The topological polar surface area (TPSA) is 38.7 Å². The number of carbonyl (C=O) groups is 1. The van der Waals surface area contributed by atoms with Crippen LogP contribution in [0.3, 0.4) is 0 Å². The van der Waals surface area contributed by atoms with Gasteiger partial charge in [0.1, 0.15) is 22.4 Å². The van der Waals surface area contributed by atoms with Gasteiger partial charge in [-0.15, -0.1) is 6.58 Å². The Morgan fingerprint density at radius 3 is 2.81 bits per heavy atom. The molecule has 0 aliphatic carbocycles. The van der Waals surface area contributed by atoms with E-state index in [-0.39, 0.29) is 5.12 Å². The van der Waals surface area contributed by atoms with Crippen LogP contribution < -0.4 is 4.74 Å². The van der Waals surface area contributed by atoms with E-state index in [1.54, 1.807) is 12.2 Å². The third kappa shape index (κ3) is 5.13. The standard InChI is InChI=1S/C20H16BrNO2S2/c1-2-10-25-20-22-17(19(23)26-20)12-15-11-16(21)8-9-18(15)24-13-14-6-4-3-5-7-14/h2-9,11-12H,1,10,13H2/b17-12+. The van der Waals surface area contributed by atoms with Gasteiger partial charge in [-0.05, 0) is 41.6 Å². The summed E-state index contributed by atoms with van der Waals surface area (Å²) in [7, 11) is 0. The van der Waals surface area contributed by atoms with E-state index in [1.807, 2.05) is 48.5 Å². The Morgan fingerprint density at radius 2 is 2.04 bits per heavy atom. The summed E-state index contributed by atoms with van der Waals surface area (Å²) in [4.78, 5) is 16.6. The van der Waals surface area contributed by atoms with Gasteiger partial charge < -0.3 is 4.74 Å². The van der Waals surface area contributed by atoms with Crippen LogP contribution in [0, 0.1) is 0 Å². The molecule has 2 aromatic carbocycles. The Kier molecular flexibility index (Phi) is 6.77. The van der Waals surface area contributed by atoms with E-state index in [0.717, 1.165) is 37.5 Å². The van der Waals surface area contributed by atoms with Gasteiger partial charge in [0.25, 0.3) is 0 Å². The molecule has 2 aromatic rings. The second-order valence-electron chi connectivity index (χ2n) is 5.35. The van der Waals surface area contributed by atoms with Crippen LogP contribution >= 0.6 is 39.5 Å². The van der Waals surface area contributed by atoms with Crippen molar-refractivity contribution in [2.45, 2.75) is 6.61 Å². The molecule has 132 valence electrons. The monoisotopic (exact) mass is 445 g/mol. The van der Waals surface area contributed by atoms with Crippen LogP contribution in [0.1, 0.15) is 11.1 Å². The highest BCUT2D eigenvalue weighted by molar-refractivity contribution is 9.10. The minimum Gasteiger partial charge on any atom is -0.488 e. The molecule has 0 spiro atoms. The van der Waals surface area contributed by atoms with E-state index in [0.29, 0.717) is 18.1 Å². The Bertz CT molecular complexity index is 879. The second kappa shape index (κ2) is 9.26. The van der Waals surface area contributed by atoms with Crippen molar-refractivity contribution in [2.24, 2.45) is 4.99 Å². The van der Waals surface area contributed by atoms with Crippen molar-refractivity contribution in [3.8, 4) is 5.75 Å². The fourth-order valence-corrected chi connectivity index (χ4v) is 4.21. The molecule has 0 radical (unpaired) electrons. The zero-order valence-electron chi connectivity index (χ0n) is 13.9. The van der Waals surface area contributed by atoms with E-state index in [9.17, 15) is 4.79 Å². The van der Waals surface area contributed by atoms with Gasteiger partial charge in [-0.2, -0.15) is 0 Å². The van der Waals surface area contributed by atoms with E-state index >= 15 is 0 Å². The van der Waals surface area contributed by atoms with Crippen LogP contribution in [0.2, 0.25) is 0 Å². The first kappa shape index (κ1) is 19.0. The van der Waals surface area contributed by atoms with Crippen molar-refractivity contribution in [2.75, 3.05) is 5.75 Å². The van der Waals surface area contributed by atoms with Crippen molar-refractivity contribution >= 4 is 55.0 Å². The fourth-order valence-electron chi connectivity index (χ4n) is 2.23. The Labute approximate surface area is 169 Å². The van der Waals surface area contributed by atoms with Crippen molar-refractivity contribution < 1.29 is 9.53 Å². The SMILES string of the molecule is C=CCSC1=N/C(=C/c2cc(Br)ccc2OCc2ccccc2)C(=O)S1. The number of aliphatic imine (C=N–C) groups is 1. The molecule has 0 fully saturated rings. The quantitative estimate of drug-likeness (QED) is 0.408. The molecule has 0 saturated carbocycles. The predicted octanol–water partition coefficient (Wildman–Crippen LogP) is 5.92. The maximum atomic E-state index is 12.2. The number of nitrogens with zero attached hydrogens (tertiary/aromatic N) is 1. The van der Waals surface area contributed by atoms with Gasteiger partial charge in [-0.25, -0.2) is 4.99 Å². The highest BCUT2D eigenvalue weighted by atomic mass is 79.9. The lowest BCUT2D eigenvalue weighted by Crippen LogP contribution is -1.97. The predicted molar refractivity (Wildman–Crippen MR) is 116 cm³/mol. The summed E-state index contributed by atoms with van der Waals surface area (Å²) in [5, 5.41) is -0.0504. The molecular formula is C20H16BrNO2S2. The van der Waals surface area contributed by atoms with Crippen LogP contribution in [0.25, 0.3) is 6.08 Å². The maximum absolute atomic E-state index is 12.2. The van der Waals surface area contributed by atoms with Crippen molar-refractivity contribution in [1.29, 1.82) is 0 Å². The lowest BCUT2D eigenvalue weighted by molar-refractivity contribution is -0.107. The molecule has 0 saturated heterocycles. The van der Waals surface area contributed by atoms with Gasteiger partial charge in [-0.1, -0.05) is 64.1 Å². The zero-order valence-corrected chi connectivity index (χ0v) is 17.1. The number of benzene rings is 2. The molecule has 6 heteroatoms. The largest absolute Gasteiger partial charge is 0.488 e. The Morgan fingerprint density at radius 1 is 1.23 bits per heavy atom. The molecule has 0 unspecified atom stereocenters. The van der Waals surface area contributed by atoms with Gasteiger partial charge in [0.05, 0.1) is 0 Å². The first-order valence-electron chi connectivity index (χ1n) is 7.88. The average Bonchev–Trinajstić information content (AvgIpc) is 2.99. The molecule has 3 rings (SSSR count). The summed E-state index contributed by atoms with van der Waals surface area (Å²) in [6, 6.07) is 15.7. The number of thioether (sulfide) groups is 2.